The standard InChI is InChI=1S/C73H43N5O/c1-4-19-45(20-5-1)71-74-72(46-21-6-2-7-22-46)76-73(75-71)78-63-31-17-16-26-52(63)59-41-60-53-36-34-49(40-64(53)77(65(60)43-66(59)78)50-23-8-3-9-24-50)70-56-29-14-12-27-54(56)69(55-28-13-15-30-57(55)70)48-35-37-67-61(39-48)62-38-47-33-32-44-18-10-11-25-51(44)58(47)42-68(62)79-67/h1-43H. The number of furan rings is 1. The molecule has 0 aliphatic carbocycles. The number of para-hydroxylation sites is 2. The predicted molar refractivity (Wildman–Crippen MR) is 328 cm³/mol. The second kappa shape index (κ2) is 16.9. The molecule has 0 radical (unpaired) electrons. The van der Waals surface area contributed by atoms with Gasteiger partial charge in [0, 0.05) is 49.1 Å². The summed E-state index contributed by atoms with van der Waals surface area (Å²) in [6.45, 7) is 0. The van der Waals surface area contributed by atoms with Crippen molar-refractivity contribution in [3.05, 3.63) is 261 Å². The molecule has 0 aliphatic heterocycles. The van der Waals surface area contributed by atoms with Gasteiger partial charge in [-0.25, -0.2) is 4.98 Å². The van der Waals surface area contributed by atoms with Gasteiger partial charge in [0.1, 0.15) is 11.2 Å². The van der Waals surface area contributed by atoms with Crippen molar-refractivity contribution in [2.24, 2.45) is 0 Å². The van der Waals surface area contributed by atoms with E-state index in [0.29, 0.717) is 17.6 Å². The summed E-state index contributed by atoms with van der Waals surface area (Å²) in [5.74, 6) is 1.79. The Hall–Kier alpha value is -10.7. The molecule has 0 N–H and O–H groups in total. The van der Waals surface area contributed by atoms with Crippen LogP contribution in [0.15, 0.2) is 265 Å². The second-order valence-electron chi connectivity index (χ2n) is 20.7. The van der Waals surface area contributed by atoms with Crippen molar-refractivity contribution in [3.63, 3.8) is 0 Å². The van der Waals surface area contributed by atoms with E-state index in [1.54, 1.807) is 0 Å². The summed E-state index contributed by atoms with van der Waals surface area (Å²) in [5.41, 5.74) is 13.7. The van der Waals surface area contributed by atoms with Crippen LogP contribution in [0, 0.1) is 0 Å². The minimum atomic E-state index is 0.561. The molecule has 4 aromatic heterocycles. The first-order valence-electron chi connectivity index (χ1n) is 26.8. The summed E-state index contributed by atoms with van der Waals surface area (Å²) in [6.07, 6.45) is 0. The third-order valence-electron chi connectivity index (χ3n) is 16.3. The van der Waals surface area contributed by atoms with Crippen molar-refractivity contribution in [3.8, 4) is 56.7 Å². The molecule has 0 spiro atoms. The SMILES string of the molecule is c1ccc(-c2nc(-c3ccccc3)nc(-n3c4ccccc4c4cc5c6ccc(-c7c8ccccc8c(-c8ccc9oc%10cc%11c(ccc%12ccccc%12%11)cc%10c9c8)c8ccccc78)cc6n(-c6ccccc6)c5cc43)n2)cc1. The molecular weight excluding hydrogens is 963 g/mol. The van der Waals surface area contributed by atoms with E-state index in [-0.39, 0.29) is 0 Å². The normalized spacial score (nSPS) is 12.1. The second-order valence-corrected chi connectivity index (χ2v) is 20.7. The van der Waals surface area contributed by atoms with Gasteiger partial charge >= 0.3 is 0 Å². The number of rotatable bonds is 6. The fourth-order valence-electron chi connectivity index (χ4n) is 12.8. The number of hydrogen-bond acceptors (Lipinski definition) is 4. The Kier molecular flexibility index (Phi) is 9.32. The van der Waals surface area contributed by atoms with Gasteiger partial charge in [0.15, 0.2) is 11.6 Å². The van der Waals surface area contributed by atoms with Crippen molar-refractivity contribution in [2.75, 3.05) is 0 Å². The first-order chi connectivity index (χ1) is 39.2. The highest BCUT2D eigenvalue weighted by atomic mass is 16.3. The molecule has 0 fully saturated rings. The highest BCUT2D eigenvalue weighted by Gasteiger charge is 2.24. The summed E-state index contributed by atoms with van der Waals surface area (Å²) < 4.78 is 11.3. The largest absolute Gasteiger partial charge is 0.456 e. The average Bonchev–Trinajstić information content (AvgIpc) is 4.22. The van der Waals surface area contributed by atoms with E-state index in [9.17, 15) is 0 Å². The fraction of sp³-hybridized carbons (Fsp3) is 0. The highest BCUT2D eigenvalue weighted by molar-refractivity contribution is 6.25. The van der Waals surface area contributed by atoms with Crippen molar-refractivity contribution in [2.45, 2.75) is 0 Å². The molecule has 6 heteroatoms. The van der Waals surface area contributed by atoms with E-state index in [0.717, 1.165) is 82.7 Å². The van der Waals surface area contributed by atoms with Crippen molar-refractivity contribution in [1.29, 1.82) is 0 Å². The van der Waals surface area contributed by atoms with Crippen molar-refractivity contribution >= 4 is 109 Å². The van der Waals surface area contributed by atoms with Gasteiger partial charge in [0.2, 0.25) is 5.95 Å². The van der Waals surface area contributed by atoms with E-state index in [1.807, 2.05) is 36.4 Å². The molecular formula is C73H43N5O. The van der Waals surface area contributed by atoms with Gasteiger partial charge < -0.3 is 8.98 Å². The third-order valence-corrected chi connectivity index (χ3v) is 16.3. The number of nitrogens with zero attached hydrogens (tertiary/aromatic N) is 5. The lowest BCUT2D eigenvalue weighted by Crippen LogP contribution is -2.06. The van der Waals surface area contributed by atoms with Crippen LogP contribution in [0.5, 0.6) is 0 Å². The molecule has 0 saturated heterocycles. The van der Waals surface area contributed by atoms with Gasteiger partial charge in [-0.3, -0.25) is 4.57 Å². The lowest BCUT2D eigenvalue weighted by atomic mass is 9.85. The van der Waals surface area contributed by atoms with Crippen LogP contribution in [0.3, 0.4) is 0 Å². The highest BCUT2D eigenvalue weighted by Crippen LogP contribution is 2.47. The number of aromatic nitrogens is 5. The lowest BCUT2D eigenvalue weighted by Gasteiger charge is -2.18. The van der Waals surface area contributed by atoms with E-state index in [2.05, 4.69) is 234 Å². The van der Waals surface area contributed by atoms with E-state index in [1.165, 1.54) is 65.0 Å². The Morgan fingerprint density at radius 3 is 1.43 bits per heavy atom. The zero-order valence-electron chi connectivity index (χ0n) is 42.5. The van der Waals surface area contributed by atoms with Gasteiger partial charge in [-0.05, 0) is 126 Å². The van der Waals surface area contributed by atoms with Crippen molar-refractivity contribution < 1.29 is 4.42 Å². The fourth-order valence-corrected chi connectivity index (χ4v) is 12.8. The summed E-state index contributed by atoms with van der Waals surface area (Å²) in [7, 11) is 0. The van der Waals surface area contributed by atoms with Gasteiger partial charge in [-0.15, -0.1) is 0 Å². The quantitative estimate of drug-likeness (QED) is 0.123. The maximum atomic E-state index is 6.64. The molecule has 17 rings (SSSR count). The minimum Gasteiger partial charge on any atom is -0.456 e. The minimum absolute atomic E-state index is 0.561. The number of hydrogen-bond donors (Lipinski definition) is 0. The Balaban J connectivity index is 0.886. The average molecular weight is 1010 g/mol. The molecule has 0 saturated carbocycles. The van der Waals surface area contributed by atoms with Crippen LogP contribution < -0.4 is 0 Å². The zero-order valence-corrected chi connectivity index (χ0v) is 42.5. The molecule has 6 nitrogen and oxygen atoms in total. The van der Waals surface area contributed by atoms with Crippen LogP contribution in [0.2, 0.25) is 0 Å². The molecule has 4 heterocycles. The topological polar surface area (TPSA) is 61.7 Å². The monoisotopic (exact) mass is 1010 g/mol. The number of benzene rings is 13. The molecule has 0 bridgehead atoms. The maximum absolute atomic E-state index is 6.64. The number of fused-ring (bicyclic) bond motifs is 14. The molecule has 17 aromatic rings. The molecule has 0 atom stereocenters. The summed E-state index contributed by atoms with van der Waals surface area (Å²) in [4.78, 5) is 15.6. The van der Waals surface area contributed by atoms with Gasteiger partial charge in [-0.2, -0.15) is 9.97 Å². The zero-order chi connectivity index (χ0) is 51.7. The van der Waals surface area contributed by atoms with E-state index >= 15 is 0 Å². The molecule has 13 aromatic carbocycles. The Bertz CT molecular complexity index is 5250. The van der Waals surface area contributed by atoms with Gasteiger partial charge in [-0.1, -0.05) is 200 Å². The molecule has 79 heavy (non-hydrogen) atoms. The Morgan fingerprint density at radius 1 is 0.253 bits per heavy atom. The van der Waals surface area contributed by atoms with E-state index < -0.39 is 0 Å². The first kappa shape index (κ1) is 43.5. The maximum Gasteiger partial charge on any atom is 0.238 e. The van der Waals surface area contributed by atoms with Crippen LogP contribution in [-0.2, 0) is 0 Å². The molecule has 0 unspecified atom stereocenters. The summed E-state index contributed by atoms with van der Waals surface area (Å²) in [5, 5.41) is 16.5. The first-order valence-corrected chi connectivity index (χ1v) is 26.8. The van der Waals surface area contributed by atoms with Crippen LogP contribution in [-0.4, -0.2) is 24.1 Å². The third kappa shape index (κ3) is 6.62. The van der Waals surface area contributed by atoms with Crippen LogP contribution >= 0.6 is 0 Å². The van der Waals surface area contributed by atoms with Crippen molar-refractivity contribution in [1.82, 2.24) is 24.1 Å². The predicted octanol–water partition coefficient (Wildman–Crippen LogP) is 19.2. The molecule has 0 aliphatic rings. The van der Waals surface area contributed by atoms with Crippen LogP contribution in [0.25, 0.3) is 165 Å². The Labute approximate surface area is 452 Å². The molecule has 366 valence electrons. The summed E-state index contributed by atoms with van der Waals surface area (Å²) in [6, 6.07) is 93.7. The smallest absolute Gasteiger partial charge is 0.238 e. The van der Waals surface area contributed by atoms with Gasteiger partial charge in [0.25, 0.3) is 0 Å². The van der Waals surface area contributed by atoms with Gasteiger partial charge in [0.05, 0.1) is 22.1 Å². The lowest BCUT2D eigenvalue weighted by molar-refractivity contribution is 0.669. The summed E-state index contributed by atoms with van der Waals surface area (Å²) >= 11 is 0. The van der Waals surface area contributed by atoms with Crippen LogP contribution in [0.1, 0.15) is 0 Å². The molecule has 0 amide bonds. The van der Waals surface area contributed by atoms with E-state index in [4.69, 9.17) is 19.4 Å². The Morgan fingerprint density at radius 2 is 0.759 bits per heavy atom. The van der Waals surface area contributed by atoms with Crippen LogP contribution in [0.4, 0.5) is 0 Å².